The third-order valence-corrected chi connectivity index (χ3v) is 2.23. The van der Waals surface area contributed by atoms with Gasteiger partial charge >= 0.3 is 5.97 Å². The van der Waals surface area contributed by atoms with E-state index >= 15 is 0 Å². The molecule has 0 fully saturated rings. The van der Waals surface area contributed by atoms with Crippen molar-refractivity contribution in [3.63, 3.8) is 0 Å². The molecule has 0 spiro atoms. The van der Waals surface area contributed by atoms with Crippen LogP contribution >= 0.6 is 0 Å². The van der Waals surface area contributed by atoms with E-state index in [1.807, 2.05) is 0 Å². The average molecular weight is 219 g/mol. The summed E-state index contributed by atoms with van der Waals surface area (Å²) in [7, 11) is 1.23. The predicted octanol–water partition coefficient (Wildman–Crippen LogP) is 1.02. The van der Waals surface area contributed by atoms with E-state index in [9.17, 15) is 14.7 Å². The molecule has 0 atom stereocenters. The van der Waals surface area contributed by atoms with Gasteiger partial charge in [-0.2, -0.15) is 0 Å². The molecule has 0 unspecified atom stereocenters. The van der Waals surface area contributed by atoms with E-state index in [0.717, 1.165) is 0 Å². The van der Waals surface area contributed by atoms with Crippen LogP contribution < -0.4 is 5.56 Å². The average Bonchev–Trinajstić information content (AvgIpc) is 2.27. The van der Waals surface area contributed by atoms with Gasteiger partial charge in [0.25, 0.3) is 5.56 Å². The first-order valence-corrected chi connectivity index (χ1v) is 4.56. The Kier molecular flexibility index (Phi) is 2.36. The van der Waals surface area contributed by atoms with Crippen molar-refractivity contribution in [1.82, 2.24) is 4.98 Å². The molecule has 2 aromatic rings. The van der Waals surface area contributed by atoms with Crippen LogP contribution in [0, 0.1) is 0 Å². The number of carbonyl (C=O) groups is 1. The molecule has 2 N–H and O–H groups in total. The number of hydrogen-bond donors (Lipinski definition) is 2. The Hall–Kier alpha value is -2.30. The van der Waals surface area contributed by atoms with Crippen LogP contribution in [0.1, 0.15) is 10.5 Å². The summed E-state index contributed by atoms with van der Waals surface area (Å²) in [6.07, 6.45) is 0. The van der Waals surface area contributed by atoms with Crippen molar-refractivity contribution < 1.29 is 14.6 Å². The lowest BCUT2D eigenvalue weighted by molar-refractivity contribution is 0.0594. The van der Waals surface area contributed by atoms with Crippen LogP contribution in [0.3, 0.4) is 0 Å². The SMILES string of the molecule is COC(=O)c1cc2cc(O)ccc2c(=O)[nH]1. The van der Waals surface area contributed by atoms with Crippen molar-refractivity contribution in [2.45, 2.75) is 0 Å². The molecule has 82 valence electrons. The van der Waals surface area contributed by atoms with Crippen LogP contribution in [0.4, 0.5) is 0 Å². The number of ether oxygens (including phenoxy) is 1. The van der Waals surface area contributed by atoms with Crippen LogP contribution in [0.5, 0.6) is 5.75 Å². The number of carbonyl (C=O) groups excluding carboxylic acids is 1. The molecule has 0 aliphatic heterocycles. The molecular weight excluding hydrogens is 210 g/mol. The molecule has 0 amide bonds. The molecule has 1 aromatic heterocycles. The monoisotopic (exact) mass is 219 g/mol. The van der Waals surface area contributed by atoms with E-state index in [1.54, 1.807) is 0 Å². The molecule has 1 heterocycles. The minimum absolute atomic E-state index is 0.0360. The molecule has 5 nitrogen and oxygen atoms in total. The lowest BCUT2D eigenvalue weighted by Gasteiger charge is -2.02. The van der Waals surface area contributed by atoms with Crippen LogP contribution in [0.25, 0.3) is 10.8 Å². The quantitative estimate of drug-likeness (QED) is 0.702. The number of esters is 1. The van der Waals surface area contributed by atoms with Gasteiger partial charge in [0.15, 0.2) is 0 Å². The zero-order valence-corrected chi connectivity index (χ0v) is 8.48. The molecule has 0 saturated heterocycles. The maximum atomic E-state index is 11.6. The summed E-state index contributed by atoms with van der Waals surface area (Å²) in [5.41, 5.74) is -0.330. The normalized spacial score (nSPS) is 10.3. The number of pyridine rings is 1. The summed E-state index contributed by atoms with van der Waals surface area (Å²) in [6.45, 7) is 0. The van der Waals surface area contributed by atoms with Crippen LogP contribution in [0.15, 0.2) is 29.1 Å². The molecular formula is C11H9NO4. The molecule has 2 rings (SSSR count). The Balaban J connectivity index is 2.75. The van der Waals surface area contributed by atoms with Crippen molar-refractivity contribution in [2.75, 3.05) is 7.11 Å². The van der Waals surface area contributed by atoms with Crippen molar-refractivity contribution in [2.24, 2.45) is 0 Å². The number of phenolic OH excluding ortho intramolecular Hbond substituents is 1. The number of hydrogen-bond acceptors (Lipinski definition) is 4. The van der Waals surface area contributed by atoms with Crippen molar-refractivity contribution >= 4 is 16.7 Å². The first kappa shape index (κ1) is 10.2. The second-order valence-corrected chi connectivity index (χ2v) is 3.28. The number of benzene rings is 1. The van der Waals surface area contributed by atoms with E-state index in [1.165, 1.54) is 31.4 Å². The van der Waals surface area contributed by atoms with Gasteiger partial charge in [-0.1, -0.05) is 0 Å². The largest absolute Gasteiger partial charge is 0.508 e. The fraction of sp³-hybridized carbons (Fsp3) is 0.0909. The number of fused-ring (bicyclic) bond motifs is 1. The smallest absolute Gasteiger partial charge is 0.354 e. The van der Waals surface area contributed by atoms with E-state index in [-0.39, 0.29) is 11.4 Å². The summed E-state index contributed by atoms with van der Waals surface area (Å²) in [6, 6.07) is 5.78. The highest BCUT2D eigenvalue weighted by Gasteiger charge is 2.09. The fourth-order valence-corrected chi connectivity index (χ4v) is 1.48. The lowest BCUT2D eigenvalue weighted by atomic mass is 10.1. The maximum absolute atomic E-state index is 11.6. The fourth-order valence-electron chi connectivity index (χ4n) is 1.48. The first-order valence-electron chi connectivity index (χ1n) is 4.56. The number of phenols is 1. The van der Waals surface area contributed by atoms with Gasteiger partial charge in [-0.05, 0) is 29.7 Å². The number of rotatable bonds is 1. The minimum Gasteiger partial charge on any atom is -0.508 e. The van der Waals surface area contributed by atoms with Crippen LogP contribution in [0.2, 0.25) is 0 Å². The summed E-state index contributed by atoms with van der Waals surface area (Å²) in [5.74, 6) is -0.587. The van der Waals surface area contributed by atoms with Gasteiger partial charge in [0.05, 0.1) is 7.11 Å². The van der Waals surface area contributed by atoms with Gasteiger partial charge < -0.3 is 14.8 Å². The van der Waals surface area contributed by atoms with Crippen LogP contribution in [-0.2, 0) is 4.74 Å². The Morgan fingerprint density at radius 3 is 2.81 bits per heavy atom. The molecule has 1 aromatic carbocycles. The number of H-pyrrole nitrogens is 1. The van der Waals surface area contributed by atoms with Gasteiger partial charge in [0.2, 0.25) is 0 Å². The zero-order chi connectivity index (χ0) is 11.7. The summed E-state index contributed by atoms with van der Waals surface area (Å²) in [4.78, 5) is 25.2. The highest BCUT2D eigenvalue weighted by molar-refractivity contribution is 5.93. The highest BCUT2D eigenvalue weighted by atomic mass is 16.5. The Morgan fingerprint density at radius 1 is 1.38 bits per heavy atom. The lowest BCUT2D eigenvalue weighted by Crippen LogP contribution is -2.14. The Morgan fingerprint density at radius 2 is 2.12 bits per heavy atom. The molecule has 0 saturated carbocycles. The zero-order valence-electron chi connectivity index (χ0n) is 8.48. The summed E-state index contributed by atoms with van der Waals surface area (Å²) < 4.78 is 4.50. The number of methoxy groups -OCH3 is 1. The second kappa shape index (κ2) is 3.69. The van der Waals surface area contributed by atoms with E-state index in [0.29, 0.717) is 10.8 Å². The van der Waals surface area contributed by atoms with E-state index in [4.69, 9.17) is 0 Å². The minimum atomic E-state index is -0.623. The van der Waals surface area contributed by atoms with Crippen LogP contribution in [-0.4, -0.2) is 23.2 Å². The Labute approximate surface area is 90.3 Å². The highest BCUT2D eigenvalue weighted by Crippen LogP contribution is 2.17. The van der Waals surface area contributed by atoms with Crippen molar-refractivity contribution in [1.29, 1.82) is 0 Å². The van der Waals surface area contributed by atoms with E-state index in [2.05, 4.69) is 9.72 Å². The molecule has 5 heteroatoms. The van der Waals surface area contributed by atoms with Gasteiger partial charge in [0.1, 0.15) is 11.4 Å². The molecule has 16 heavy (non-hydrogen) atoms. The molecule has 0 radical (unpaired) electrons. The molecule has 0 aliphatic carbocycles. The summed E-state index contributed by atoms with van der Waals surface area (Å²) in [5, 5.41) is 10.2. The molecule has 0 aliphatic rings. The summed E-state index contributed by atoms with van der Waals surface area (Å²) >= 11 is 0. The van der Waals surface area contributed by atoms with Gasteiger partial charge in [-0.3, -0.25) is 4.79 Å². The predicted molar refractivity (Wildman–Crippen MR) is 57.6 cm³/mol. The number of aromatic hydroxyl groups is 1. The number of nitrogens with one attached hydrogen (secondary N) is 1. The molecule has 0 bridgehead atoms. The first-order chi connectivity index (χ1) is 7.61. The topological polar surface area (TPSA) is 79.4 Å². The van der Waals surface area contributed by atoms with Gasteiger partial charge in [0, 0.05) is 5.39 Å². The maximum Gasteiger partial charge on any atom is 0.354 e. The van der Waals surface area contributed by atoms with Crippen molar-refractivity contribution in [3.05, 3.63) is 40.3 Å². The van der Waals surface area contributed by atoms with Gasteiger partial charge in [-0.25, -0.2) is 4.79 Å². The third kappa shape index (κ3) is 1.63. The number of aromatic amines is 1. The number of aromatic nitrogens is 1. The van der Waals surface area contributed by atoms with E-state index < -0.39 is 11.5 Å². The Bertz CT molecular complexity index is 615. The standard InChI is InChI=1S/C11H9NO4/c1-16-11(15)9-5-6-4-7(13)2-3-8(6)10(14)12-9/h2-5,13H,1H3,(H,12,14). The van der Waals surface area contributed by atoms with Crippen molar-refractivity contribution in [3.8, 4) is 5.75 Å². The second-order valence-electron chi connectivity index (χ2n) is 3.28. The van der Waals surface area contributed by atoms with Gasteiger partial charge in [-0.15, -0.1) is 0 Å². The third-order valence-electron chi connectivity index (χ3n) is 2.23.